The highest BCUT2D eigenvalue weighted by Crippen LogP contribution is 2.21. The summed E-state index contributed by atoms with van der Waals surface area (Å²) >= 11 is 0. The zero-order chi connectivity index (χ0) is 26.4. The van der Waals surface area contributed by atoms with Gasteiger partial charge in [0.25, 0.3) is 0 Å². The molecule has 2 heterocycles. The number of carbonyl (C=O) groups is 2. The number of aryl methyl sites for hydroxylation is 1. The van der Waals surface area contributed by atoms with Gasteiger partial charge in [0, 0.05) is 32.0 Å². The molecule has 8 nitrogen and oxygen atoms in total. The Hall–Kier alpha value is -3.55. The van der Waals surface area contributed by atoms with E-state index in [0.717, 1.165) is 22.6 Å². The van der Waals surface area contributed by atoms with Crippen LogP contribution in [0.5, 0.6) is 5.75 Å². The summed E-state index contributed by atoms with van der Waals surface area (Å²) < 4.78 is 13.6. The number of para-hydroxylation sites is 2. The quantitative estimate of drug-likeness (QED) is 0.477. The molecule has 0 bridgehead atoms. The molecule has 2 amide bonds. The summed E-state index contributed by atoms with van der Waals surface area (Å²) in [4.78, 5) is 31.6. The largest absolute Gasteiger partial charge is 0.492 e. The average Bonchev–Trinajstić information content (AvgIpc) is 3.21. The molecule has 2 aromatic carbocycles. The van der Waals surface area contributed by atoms with Crippen molar-refractivity contribution in [2.24, 2.45) is 5.92 Å². The number of nitrogens with zero attached hydrogens (tertiary/aromatic N) is 3. The summed E-state index contributed by atoms with van der Waals surface area (Å²) in [5.74, 6) is 1.71. The van der Waals surface area contributed by atoms with E-state index in [9.17, 15) is 9.59 Å². The lowest BCUT2D eigenvalue weighted by molar-refractivity contribution is -0.126. The first-order chi connectivity index (χ1) is 17.7. The van der Waals surface area contributed by atoms with Crippen LogP contribution in [0, 0.1) is 12.8 Å². The van der Waals surface area contributed by atoms with E-state index < -0.39 is 5.60 Å². The van der Waals surface area contributed by atoms with E-state index in [-0.39, 0.29) is 17.9 Å². The molecule has 8 heteroatoms. The molecular weight excluding hydrogens is 468 g/mol. The molecule has 0 radical (unpaired) electrons. The SMILES string of the molecule is Cc1ccc(OCCn2c(CCNC(=O)C3CCN(C(=O)OC(C)(C)C)CC3)nc3ccccc32)cc1. The minimum atomic E-state index is -0.519. The van der Waals surface area contributed by atoms with Gasteiger partial charge in [0.2, 0.25) is 5.91 Å². The summed E-state index contributed by atoms with van der Waals surface area (Å²) in [6.45, 7) is 10.4. The number of aromatic nitrogens is 2. The molecular formula is C29H38N4O4. The molecule has 0 unspecified atom stereocenters. The second kappa shape index (κ2) is 11.7. The van der Waals surface area contributed by atoms with Crippen molar-refractivity contribution in [1.82, 2.24) is 19.8 Å². The normalized spacial score (nSPS) is 14.5. The molecule has 0 aliphatic carbocycles. The molecule has 0 atom stereocenters. The van der Waals surface area contributed by atoms with Gasteiger partial charge in [-0.15, -0.1) is 0 Å². The Kier molecular flexibility index (Phi) is 8.36. The predicted octanol–water partition coefficient (Wildman–Crippen LogP) is 4.73. The highest BCUT2D eigenvalue weighted by Gasteiger charge is 2.29. The summed E-state index contributed by atoms with van der Waals surface area (Å²) in [6.07, 6.45) is 1.60. The Morgan fingerprint density at radius 3 is 2.46 bits per heavy atom. The van der Waals surface area contributed by atoms with Gasteiger partial charge in [0.05, 0.1) is 17.6 Å². The van der Waals surface area contributed by atoms with Gasteiger partial charge < -0.3 is 24.3 Å². The predicted molar refractivity (Wildman–Crippen MR) is 144 cm³/mol. The Balaban J connectivity index is 1.29. The van der Waals surface area contributed by atoms with Crippen LogP contribution >= 0.6 is 0 Å². The van der Waals surface area contributed by atoms with Crippen molar-refractivity contribution >= 4 is 23.0 Å². The van der Waals surface area contributed by atoms with E-state index >= 15 is 0 Å². The minimum absolute atomic E-state index is 0.0363. The van der Waals surface area contributed by atoms with Gasteiger partial charge in [-0.05, 0) is 64.8 Å². The lowest BCUT2D eigenvalue weighted by Gasteiger charge is -2.32. The van der Waals surface area contributed by atoms with Crippen LogP contribution in [0.2, 0.25) is 0 Å². The van der Waals surface area contributed by atoms with Gasteiger partial charge >= 0.3 is 6.09 Å². The summed E-state index contributed by atoms with van der Waals surface area (Å²) in [7, 11) is 0. The van der Waals surface area contributed by atoms with Crippen LogP contribution in [0.4, 0.5) is 4.79 Å². The number of amides is 2. The molecule has 0 saturated carbocycles. The molecule has 1 N–H and O–H groups in total. The maximum Gasteiger partial charge on any atom is 0.410 e. The molecule has 37 heavy (non-hydrogen) atoms. The van der Waals surface area contributed by atoms with Gasteiger partial charge in [-0.1, -0.05) is 29.8 Å². The Morgan fingerprint density at radius 2 is 1.76 bits per heavy atom. The third-order valence-electron chi connectivity index (χ3n) is 6.50. The monoisotopic (exact) mass is 506 g/mol. The van der Waals surface area contributed by atoms with E-state index in [1.807, 2.05) is 63.2 Å². The Labute approximate surface area is 219 Å². The highest BCUT2D eigenvalue weighted by molar-refractivity contribution is 5.79. The molecule has 1 fully saturated rings. The Bertz CT molecular complexity index is 1200. The van der Waals surface area contributed by atoms with Crippen LogP contribution in [0.1, 0.15) is 45.0 Å². The van der Waals surface area contributed by atoms with Crippen molar-refractivity contribution in [3.05, 3.63) is 59.9 Å². The number of nitrogens with one attached hydrogen (secondary N) is 1. The number of hydrogen-bond acceptors (Lipinski definition) is 5. The van der Waals surface area contributed by atoms with Gasteiger partial charge in [-0.25, -0.2) is 9.78 Å². The molecule has 4 rings (SSSR count). The van der Waals surface area contributed by atoms with Gasteiger partial charge in [0.15, 0.2) is 0 Å². The summed E-state index contributed by atoms with van der Waals surface area (Å²) in [5.41, 5.74) is 2.68. The standard InChI is InChI=1S/C29H38N4O4/c1-21-9-11-23(12-10-21)36-20-19-33-25-8-6-5-7-24(25)31-26(33)13-16-30-27(34)22-14-17-32(18-15-22)28(35)37-29(2,3)4/h5-12,22H,13-20H2,1-4H3,(H,30,34). The fourth-order valence-electron chi connectivity index (χ4n) is 4.55. The van der Waals surface area contributed by atoms with Crippen LogP contribution < -0.4 is 10.1 Å². The third-order valence-corrected chi connectivity index (χ3v) is 6.50. The second-order valence-corrected chi connectivity index (χ2v) is 10.6. The number of likely N-dealkylation sites (tertiary alicyclic amines) is 1. The van der Waals surface area contributed by atoms with Gasteiger partial charge in [-0.2, -0.15) is 0 Å². The molecule has 1 aliphatic rings. The lowest BCUT2D eigenvalue weighted by atomic mass is 9.96. The van der Waals surface area contributed by atoms with Crippen LogP contribution in [0.15, 0.2) is 48.5 Å². The van der Waals surface area contributed by atoms with Crippen LogP contribution in [0.3, 0.4) is 0 Å². The lowest BCUT2D eigenvalue weighted by Crippen LogP contribution is -2.45. The first kappa shape index (κ1) is 26.5. The zero-order valence-corrected chi connectivity index (χ0v) is 22.3. The number of piperidine rings is 1. The van der Waals surface area contributed by atoms with Crippen molar-refractivity contribution in [2.45, 2.75) is 59.1 Å². The topological polar surface area (TPSA) is 85.7 Å². The van der Waals surface area contributed by atoms with E-state index in [0.29, 0.717) is 52.0 Å². The number of hydrogen-bond donors (Lipinski definition) is 1. The van der Waals surface area contributed by atoms with Gasteiger partial charge in [0.1, 0.15) is 23.8 Å². The van der Waals surface area contributed by atoms with E-state index in [4.69, 9.17) is 14.5 Å². The minimum Gasteiger partial charge on any atom is -0.492 e. The number of benzene rings is 2. The van der Waals surface area contributed by atoms with Crippen molar-refractivity contribution in [2.75, 3.05) is 26.2 Å². The number of fused-ring (bicyclic) bond motifs is 1. The Morgan fingerprint density at radius 1 is 1.05 bits per heavy atom. The second-order valence-electron chi connectivity index (χ2n) is 10.6. The smallest absolute Gasteiger partial charge is 0.410 e. The number of carbonyl (C=O) groups excluding carboxylic acids is 2. The molecule has 0 spiro atoms. The molecule has 1 aromatic heterocycles. The van der Waals surface area contributed by atoms with Crippen LogP contribution in [-0.4, -0.2) is 58.3 Å². The first-order valence-corrected chi connectivity index (χ1v) is 13.1. The van der Waals surface area contributed by atoms with E-state index in [1.165, 1.54) is 5.56 Å². The number of ether oxygens (including phenoxy) is 2. The summed E-state index contributed by atoms with van der Waals surface area (Å²) in [6, 6.07) is 16.1. The maximum atomic E-state index is 12.8. The van der Waals surface area contributed by atoms with Crippen molar-refractivity contribution in [3.8, 4) is 5.75 Å². The molecule has 3 aromatic rings. The van der Waals surface area contributed by atoms with Crippen molar-refractivity contribution in [1.29, 1.82) is 0 Å². The fraction of sp³-hybridized carbons (Fsp3) is 0.483. The number of imidazole rings is 1. The first-order valence-electron chi connectivity index (χ1n) is 13.1. The molecule has 1 saturated heterocycles. The third kappa shape index (κ3) is 7.24. The molecule has 198 valence electrons. The number of rotatable bonds is 8. The van der Waals surface area contributed by atoms with Crippen LogP contribution in [0.25, 0.3) is 11.0 Å². The maximum absolute atomic E-state index is 12.8. The highest BCUT2D eigenvalue weighted by atomic mass is 16.6. The fourth-order valence-corrected chi connectivity index (χ4v) is 4.55. The van der Waals surface area contributed by atoms with E-state index in [1.54, 1.807) is 4.90 Å². The summed E-state index contributed by atoms with van der Waals surface area (Å²) in [5, 5.41) is 3.08. The molecule has 1 aliphatic heterocycles. The van der Waals surface area contributed by atoms with Gasteiger partial charge in [-0.3, -0.25) is 4.79 Å². The zero-order valence-electron chi connectivity index (χ0n) is 22.3. The van der Waals surface area contributed by atoms with E-state index in [2.05, 4.69) is 22.9 Å². The van der Waals surface area contributed by atoms with Crippen molar-refractivity contribution in [3.63, 3.8) is 0 Å². The average molecular weight is 507 g/mol. The van der Waals surface area contributed by atoms with Crippen molar-refractivity contribution < 1.29 is 19.1 Å². The van der Waals surface area contributed by atoms with Crippen LogP contribution in [-0.2, 0) is 22.5 Å².